The van der Waals surface area contributed by atoms with E-state index in [9.17, 15) is 0 Å². The Morgan fingerprint density at radius 2 is 2.10 bits per heavy atom. The predicted molar refractivity (Wildman–Crippen MR) is 93.8 cm³/mol. The summed E-state index contributed by atoms with van der Waals surface area (Å²) in [5, 5.41) is 14.3. The summed E-state index contributed by atoms with van der Waals surface area (Å²) in [6.45, 7) is 8.69. The third-order valence-electron chi connectivity index (χ3n) is 3.26. The van der Waals surface area contributed by atoms with Crippen LogP contribution < -0.4 is 5.32 Å². The van der Waals surface area contributed by atoms with Gasteiger partial charge in [0.2, 0.25) is 0 Å². The van der Waals surface area contributed by atoms with Crippen molar-refractivity contribution in [3.63, 3.8) is 0 Å². The van der Waals surface area contributed by atoms with E-state index in [4.69, 9.17) is 0 Å². The van der Waals surface area contributed by atoms with Gasteiger partial charge in [-0.05, 0) is 44.0 Å². The maximum Gasteiger partial charge on any atom is 0.148 e. The van der Waals surface area contributed by atoms with Gasteiger partial charge in [-0.3, -0.25) is 0 Å². The molecule has 0 aliphatic rings. The standard InChI is InChI=1S/C16H22BrN3S/c1-11(2)10-18-9-5-8-15-19-20-16(21-15)13-6-4-7-14(17)12(13)3/h4,6-7,11,18H,5,8-10H2,1-3H3. The van der Waals surface area contributed by atoms with Crippen LogP contribution in [-0.2, 0) is 6.42 Å². The molecule has 0 amide bonds. The van der Waals surface area contributed by atoms with Crippen LogP contribution in [-0.4, -0.2) is 23.3 Å². The molecule has 114 valence electrons. The van der Waals surface area contributed by atoms with Crippen LogP contribution in [0.25, 0.3) is 10.6 Å². The number of aromatic nitrogens is 2. The van der Waals surface area contributed by atoms with Gasteiger partial charge in [-0.1, -0.05) is 53.2 Å². The average molecular weight is 368 g/mol. The highest BCUT2D eigenvalue weighted by atomic mass is 79.9. The fourth-order valence-corrected chi connectivity index (χ4v) is 3.39. The Hall–Kier alpha value is -0.780. The summed E-state index contributed by atoms with van der Waals surface area (Å²) in [6, 6.07) is 6.21. The molecule has 0 saturated heterocycles. The second-order valence-corrected chi connectivity index (χ2v) is 7.53. The number of aryl methyl sites for hydroxylation is 1. The van der Waals surface area contributed by atoms with Crippen molar-refractivity contribution in [1.29, 1.82) is 0 Å². The van der Waals surface area contributed by atoms with Crippen molar-refractivity contribution in [3.8, 4) is 10.6 Å². The van der Waals surface area contributed by atoms with Crippen molar-refractivity contribution < 1.29 is 0 Å². The lowest BCUT2D eigenvalue weighted by Gasteiger charge is -2.05. The van der Waals surface area contributed by atoms with Gasteiger partial charge >= 0.3 is 0 Å². The lowest BCUT2D eigenvalue weighted by molar-refractivity contribution is 0.542. The molecule has 0 radical (unpaired) electrons. The van der Waals surface area contributed by atoms with Gasteiger partial charge in [-0.25, -0.2) is 0 Å². The van der Waals surface area contributed by atoms with E-state index in [1.807, 2.05) is 6.07 Å². The number of nitrogens with one attached hydrogen (secondary N) is 1. The molecule has 0 fully saturated rings. The van der Waals surface area contributed by atoms with E-state index in [1.165, 1.54) is 11.1 Å². The molecular formula is C16H22BrN3S. The highest BCUT2D eigenvalue weighted by Gasteiger charge is 2.10. The van der Waals surface area contributed by atoms with Crippen LogP contribution in [0.4, 0.5) is 0 Å². The smallest absolute Gasteiger partial charge is 0.148 e. The molecular weight excluding hydrogens is 346 g/mol. The van der Waals surface area contributed by atoms with Gasteiger partial charge in [-0.15, -0.1) is 10.2 Å². The summed E-state index contributed by atoms with van der Waals surface area (Å²) in [4.78, 5) is 0. The molecule has 0 unspecified atom stereocenters. The molecule has 0 atom stereocenters. The van der Waals surface area contributed by atoms with Gasteiger partial charge in [-0.2, -0.15) is 0 Å². The molecule has 2 aromatic rings. The quantitative estimate of drug-likeness (QED) is 0.734. The number of hydrogen-bond acceptors (Lipinski definition) is 4. The first-order valence-corrected chi connectivity index (χ1v) is 8.97. The monoisotopic (exact) mass is 367 g/mol. The summed E-state index contributed by atoms with van der Waals surface area (Å²) in [6.07, 6.45) is 2.11. The number of nitrogens with zero attached hydrogens (tertiary/aromatic N) is 2. The van der Waals surface area contributed by atoms with Crippen molar-refractivity contribution >= 4 is 27.3 Å². The van der Waals surface area contributed by atoms with Crippen molar-refractivity contribution in [2.75, 3.05) is 13.1 Å². The van der Waals surface area contributed by atoms with Crippen LogP contribution in [0.3, 0.4) is 0 Å². The van der Waals surface area contributed by atoms with E-state index in [0.717, 1.165) is 40.4 Å². The highest BCUT2D eigenvalue weighted by molar-refractivity contribution is 9.10. The molecule has 0 bridgehead atoms. The minimum Gasteiger partial charge on any atom is -0.316 e. The minimum atomic E-state index is 0.706. The van der Waals surface area contributed by atoms with Crippen molar-refractivity contribution in [3.05, 3.63) is 33.2 Å². The van der Waals surface area contributed by atoms with Gasteiger partial charge < -0.3 is 5.32 Å². The first kappa shape index (κ1) is 16.6. The second-order valence-electron chi connectivity index (χ2n) is 5.61. The summed E-state index contributed by atoms with van der Waals surface area (Å²) in [7, 11) is 0. The SMILES string of the molecule is Cc1c(Br)cccc1-c1nnc(CCCNCC(C)C)s1. The third-order valence-corrected chi connectivity index (χ3v) is 5.14. The van der Waals surface area contributed by atoms with Crippen LogP contribution in [0.1, 0.15) is 30.8 Å². The highest BCUT2D eigenvalue weighted by Crippen LogP contribution is 2.30. The normalized spacial score (nSPS) is 11.3. The lowest BCUT2D eigenvalue weighted by atomic mass is 10.1. The molecule has 1 aromatic heterocycles. The Bertz CT molecular complexity index is 581. The Balaban J connectivity index is 1.91. The van der Waals surface area contributed by atoms with Crippen molar-refractivity contribution in [2.24, 2.45) is 5.92 Å². The van der Waals surface area contributed by atoms with Gasteiger partial charge in [0.05, 0.1) is 0 Å². The van der Waals surface area contributed by atoms with Crippen LogP contribution in [0.5, 0.6) is 0 Å². The van der Waals surface area contributed by atoms with Crippen LogP contribution >= 0.6 is 27.3 Å². The summed E-state index contributed by atoms with van der Waals surface area (Å²) >= 11 is 5.27. The summed E-state index contributed by atoms with van der Waals surface area (Å²) in [5.74, 6) is 0.706. The summed E-state index contributed by atoms with van der Waals surface area (Å²) < 4.78 is 1.12. The van der Waals surface area contributed by atoms with Crippen molar-refractivity contribution in [2.45, 2.75) is 33.6 Å². The molecule has 1 aromatic carbocycles. The molecule has 2 rings (SSSR count). The van der Waals surface area contributed by atoms with Gasteiger partial charge in [0.15, 0.2) is 0 Å². The van der Waals surface area contributed by atoms with E-state index in [0.29, 0.717) is 5.92 Å². The fourth-order valence-electron chi connectivity index (χ4n) is 2.06. The van der Waals surface area contributed by atoms with Gasteiger partial charge in [0, 0.05) is 16.5 Å². The van der Waals surface area contributed by atoms with E-state index < -0.39 is 0 Å². The third kappa shape index (κ3) is 4.87. The zero-order valence-electron chi connectivity index (χ0n) is 12.8. The molecule has 3 nitrogen and oxygen atoms in total. The average Bonchev–Trinajstić information content (AvgIpc) is 2.90. The number of halogens is 1. The molecule has 21 heavy (non-hydrogen) atoms. The number of hydrogen-bond donors (Lipinski definition) is 1. The van der Waals surface area contributed by atoms with Gasteiger partial charge in [0.1, 0.15) is 10.0 Å². The Labute approximate surface area is 139 Å². The number of rotatable bonds is 7. The topological polar surface area (TPSA) is 37.8 Å². The zero-order chi connectivity index (χ0) is 15.2. The Morgan fingerprint density at radius 1 is 1.29 bits per heavy atom. The van der Waals surface area contributed by atoms with Crippen LogP contribution in [0.2, 0.25) is 0 Å². The van der Waals surface area contributed by atoms with Crippen LogP contribution in [0, 0.1) is 12.8 Å². The Kier molecular flexibility index (Phi) is 6.33. The maximum absolute atomic E-state index is 4.34. The Morgan fingerprint density at radius 3 is 2.86 bits per heavy atom. The van der Waals surface area contributed by atoms with E-state index in [2.05, 4.69) is 64.3 Å². The minimum absolute atomic E-state index is 0.706. The largest absolute Gasteiger partial charge is 0.316 e. The molecule has 0 spiro atoms. The first-order valence-electron chi connectivity index (χ1n) is 7.36. The van der Waals surface area contributed by atoms with Crippen LogP contribution in [0.15, 0.2) is 22.7 Å². The molecule has 0 aliphatic heterocycles. The van der Waals surface area contributed by atoms with Crippen molar-refractivity contribution in [1.82, 2.24) is 15.5 Å². The molecule has 0 aliphatic carbocycles. The predicted octanol–water partition coefficient (Wildman–Crippen LogP) is 4.45. The van der Waals surface area contributed by atoms with E-state index in [-0.39, 0.29) is 0 Å². The molecule has 0 saturated carbocycles. The molecule has 1 heterocycles. The zero-order valence-corrected chi connectivity index (χ0v) is 15.2. The molecule has 5 heteroatoms. The summed E-state index contributed by atoms with van der Waals surface area (Å²) in [5.41, 5.74) is 2.39. The van der Waals surface area contributed by atoms with E-state index in [1.54, 1.807) is 11.3 Å². The first-order chi connectivity index (χ1) is 10.1. The van der Waals surface area contributed by atoms with Gasteiger partial charge in [0.25, 0.3) is 0 Å². The van der Waals surface area contributed by atoms with E-state index >= 15 is 0 Å². The molecule has 1 N–H and O–H groups in total. The second kappa shape index (κ2) is 8.01. The maximum atomic E-state index is 4.34. The fraction of sp³-hybridized carbons (Fsp3) is 0.500. The lowest BCUT2D eigenvalue weighted by Crippen LogP contribution is -2.21. The number of benzene rings is 1.